The van der Waals surface area contributed by atoms with Gasteiger partial charge in [-0.15, -0.1) is 0 Å². The summed E-state index contributed by atoms with van der Waals surface area (Å²) in [6.07, 6.45) is 23.4. The van der Waals surface area contributed by atoms with Crippen molar-refractivity contribution in [3.8, 4) is 0 Å². The van der Waals surface area contributed by atoms with Crippen molar-refractivity contribution >= 4 is 39.5 Å². The first kappa shape index (κ1) is 67.1. The van der Waals surface area contributed by atoms with Crippen LogP contribution in [0.4, 0.5) is 0 Å². The summed E-state index contributed by atoms with van der Waals surface area (Å²) in [5.74, 6) is -1.44. The average molecular weight is 1030 g/mol. The molecule has 408 valence electrons. The molecular formula is C50H96O17P2. The summed E-state index contributed by atoms with van der Waals surface area (Å²) in [5.41, 5.74) is 0. The molecule has 0 saturated carbocycles. The molecule has 0 amide bonds. The third kappa shape index (κ3) is 45.7. The molecular weight excluding hydrogens is 934 g/mol. The second kappa shape index (κ2) is 44.7. The largest absolute Gasteiger partial charge is 0.472 e. The number of unbranched alkanes of at least 4 members (excludes halogenated alkanes) is 22. The molecule has 2 unspecified atom stereocenters. The van der Waals surface area contributed by atoms with Crippen molar-refractivity contribution in [1.29, 1.82) is 0 Å². The fraction of sp³-hybridized carbons (Fsp3) is 0.920. The molecule has 17 nitrogen and oxygen atoms in total. The lowest BCUT2D eigenvalue weighted by Gasteiger charge is -2.21. The molecule has 0 spiro atoms. The van der Waals surface area contributed by atoms with Crippen molar-refractivity contribution in [2.45, 2.75) is 252 Å². The Morgan fingerprint density at radius 3 is 0.986 bits per heavy atom. The lowest BCUT2D eigenvalue weighted by Crippen LogP contribution is -2.30. The third-order valence-electron chi connectivity index (χ3n) is 11.3. The molecule has 0 saturated heterocycles. The number of esters is 4. The molecule has 5 atom stereocenters. The van der Waals surface area contributed by atoms with E-state index >= 15 is 0 Å². The number of carbonyl (C=O) groups excluding carboxylic acids is 4. The molecule has 0 aliphatic heterocycles. The molecule has 0 aliphatic carbocycles. The van der Waals surface area contributed by atoms with Gasteiger partial charge in [0.05, 0.1) is 26.4 Å². The van der Waals surface area contributed by atoms with Crippen LogP contribution in [-0.4, -0.2) is 96.7 Å². The third-order valence-corrected chi connectivity index (χ3v) is 13.2. The van der Waals surface area contributed by atoms with Crippen molar-refractivity contribution in [3.05, 3.63) is 0 Å². The maximum atomic E-state index is 12.8. The van der Waals surface area contributed by atoms with Gasteiger partial charge in [-0.3, -0.25) is 37.3 Å². The van der Waals surface area contributed by atoms with Gasteiger partial charge in [-0.05, 0) is 31.6 Å². The van der Waals surface area contributed by atoms with Crippen LogP contribution in [0.5, 0.6) is 0 Å². The van der Waals surface area contributed by atoms with Crippen LogP contribution in [0.3, 0.4) is 0 Å². The lowest BCUT2D eigenvalue weighted by molar-refractivity contribution is -0.161. The number of aliphatic hydroxyl groups is 1. The van der Waals surface area contributed by atoms with E-state index in [1.807, 2.05) is 0 Å². The summed E-state index contributed by atoms with van der Waals surface area (Å²) < 4.78 is 66.9. The van der Waals surface area contributed by atoms with Crippen LogP contribution in [0.2, 0.25) is 0 Å². The molecule has 0 radical (unpaired) electrons. The Kier molecular flexibility index (Phi) is 43.5. The number of hydrogen-bond donors (Lipinski definition) is 3. The van der Waals surface area contributed by atoms with E-state index in [0.29, 0.717) is 25.7 Å². The molecule has 0 heterocycles. The van der Waals surface area contributed by atoms with Gasteiger partial charge in [-0.1, -0.05) is 182 Å². The predicted octanol–water partition coefficient (Wildman–Crippen LogP) is 12.3. The zero-order valence-corrected chi connectivity index (χ0v) is 45.2. The summed E-state index contributed by atoms with van der Waals surface area (Å²) in [4.78, 5) is 70.9. The molecule has 0 aromatic heterocycles. The minimum absolute atomic E-state index is 0.0985. The van der Waals surface area contributed by atoms with E-state index in [4.69, 9.17) is 37.0 Å². The van der Waals surface area contributed by atoms with E-state index in [0.717, 1.165) is 115 Å². The fourth-order valence-corrected chi connectivity index (χ4v) is 8.69. The molecule has 19 heteroatoms. The van der Waals surface area contributed by atoms with Crippen molar-refractivity contribution in [2.75, 3.05) is 39.6 Å². The van der Waals surface area contributed by atoms with Gasteiger partial charge in [-0.25, -0.2) is 9.13 Å². The first-order valence-electron chi connectivity index (χ1n) is 26.6. The van der Waals surface area contributed by atoms with E-state index in [2.05, 4.69) is 34.6 Å². The van der Waals surface area contributed by atoms with Crippen LogP contribution < -0.4 is 0 Å². The standard InChI is InChI=1S/C50H96O17P2/c1-6-9-12-15-19-25-29-34-48(53)61-40-46(67-50(55)36-31-26-21-18-16-17-20-24-27-32-43(4)5)42-65-69(58,59)63-38-44(51)37-62-68(56,57)64-41-45(66-49(54)35-30-23-14-11-8-3)39-60-47(52)33-28-22-13-10-7-2/h43-46,51H,6-42H2,1-5H3,(H,56,57)(H,58,59)/t44-,45+,46+/m0/s1. The summed E-state index contributed by atoms with van der Waals surface area (Å²) in [6.45, 7) is 6.83. The summed E-state index contributed by atoms with van der Waals surface area (Å²) in [7, 11) is -9.83. The van der Waals surface area contributed by atoms with Crippen LogP contribution in [-0.2, 0) is 65.4 Å². The minimum atomic E-state index is -4.92. The van der Waals surface area contributed by atoms with Crippen LogP contribution in [0.1, 0.15) is 234 Å². The number of rotatable bonds is 50. The van der Waals surface area contributed by atoms with Gasteiger partial charge in [0.25, 0.3) is 0 Å². The first-order valence-corrected chi connectivity index (χ1v) is 29.6. The molecule has 0 aromatic rings. The van der Waals surface area contributed by atoms with Crippen LogP contribution in [0, 0.1) is 5.92 Å². The normalized spacial score (nSPS) is 14.7. The summed E-state index contributed by atoms with van der Waals surface area (Å²) in [5, 5.41) is 10.4. The Hall–Kier alpha value is -1.94. The monoisotopic (exact) mass is 1030 g/mol. The van der Waals surface area contributed by atoms with Gasteiger partial charge in [0, 0.05) is 25.7 Å². The van der Waals surface area contributed by atoms with Crippen molar-refractivity contribution in [1.82, 2.24) is 0 Å². The number of ether oxygens (including phenoxy) is 4. The maximum Gasteiger partial charge on any atom is 0.472 e. The minimum Gasteiger partial charge on any atom is -0.462 e. The Bertz CT molecular complexity index is 1380. The summed E-state index contributed by atoms with van der Waals surface area (Å²) >= 11 is 0. The lowest BCUT2D eigenvalue weighted by atomic mass is 10.0. The van der Waals surface area contributed by atoms with E-state index < -0.39 is 97.5 Å². The SMILES string of the molecule is CCCCCCCCCC(=O)OC[C@H](COP(=O)(O)OC[C@@H](O)COP(=O)(O)OC[C@@H](COC(=O)CCCCCCC)OC(=O)CCCCCCC)OC(=O)CCCCCCCCCCCC(C)C. The van der Waals surface area contributed by atoms with E-state index in [1.165, 1.54) is 38.5 Å². The molecule has 0 bridgehead atoms. The highest BCUT2D eigenvalue weighted by Gasteiger charge is 2.30. The van der Waals surface area contributed by atoms with E-state index in [-0.39, 0.29) is 25.7 Å². The van der Waals surface area contributed by atoms with Crippen LogP contribution in [0.15, 0.2) is 0 Å². The summed E-state index contributed by atoms with van der Waals surface area (Å²) in [6, 6.07) is 0. The maximum absolute atomic E-state index is 12.8. The van der Waals surface area contributed by atoms with Gasteiger partial charge < -0.3 is 33.8 Å². The van der Waals surface area contributed by atoms with Gasteiger partial charge in [0.2, 0.25) is 0 Å². The number of hydrogen-bond acceptors (Lipinski definition) is 15. The van der Waals surface area contributed by atoms with Crippen molar-refractivity contribution in [3.63, 3.8) is 0 Å². The fourth-order valence-electron chi connectivity index (χ4n) is 7.11. The highest BCUT2D eigenvalue weighted by molar-refractivity contribution is 7.47. The quantitative estimate of drug-likeness (QED) is 0.0222. The second-order valence-corrected chi connectivity index (χ2v) is 21.6. The zero-order chi connectivity index (χ0) is 51.4. The number of phosphoric ester groups is 2. The molecule has 0 aromatic carbocycles. The van der Waals surface area contributed by atoms with Crippen LogP contribution in [0.25, 0.3) is 0 Å². The zero-order valence-electron chi connectivity index (χ0n) is 43.4. The number of aliphatic hydroxyl groups excluding tert-OH is 1. The average Bonchev–Trinajstić information content (AvgIpc) is 3.30. The van der Waals surface area contributed by atoms with Crippen molar-refractivity contribution in [2.24, 2.45) is 5.92 Å². The highest BCUT2D eigenvalue weighted by atomic mass is 31.2. The molecule has 69 heavy (non-hydrogen) atoms. The van der Waals surface area contributed by atoms with Crippen molar-refractivity contribution < 1.29 is 80.2 Å². The Morgan fingerprint density at radius 2 is 0.667 bits per heavy atom. The number of phosphoric acid groups is 2. The Morgan fingerprint density at radius 1 is 0.391 bits per heavy atom. The van der Waals surface area contributed by atoms with Gasteiger partial charge in [0.15, 0.2) is 12.2 Å². The highest BCUT2D eigenvalue weighted by Crippen LogP contribution is 2.45. The Labute approximate surface area is 416 Å². The van der Waals surface area contributed by atoms with E-state index in [1.54, 1.807) is 0 Å². The molecule has 0 aliphatic rings. The van der Waals surface area contributed by atoms with Crippen LogP contribution >= 0.6 is 15.6 Å². The predicted molar refractivity (Wildman–Crippen MR) is 266 cm³/mol. The Balaban J connectivity index is 5.13. The number of carbonyl (C=O) groups is 4. The second-order valence-electron chi connectivity index (χ2n) is 18.7. The topological polar surface area (TPSA) is 237 Å². The van der Waals surface area contributed by atoms with E-state index in [9.17, 15) is 43.2 Å². The van der Waals surface area contributed by atoms with Gasteiger partial charge >= 0.3 is 39.5 Å². The van der Waals surface area contributed by atoms with Gasteiger partial charge in [-0.2, -0.15) is 0 Å². The smallest absolute Gasteiger partial charge is 0.462 e. The molecule has 3 N–H and O–H groups in total. The first-order chi connectivity index (χ1) is 33.0. The van der Waals surface area contributed by atoms with Gasteiger partial charge in [0.1, 0.15) is 19.3 Å². The molecule has 0 rings (SSSR count). The molecule has 0 fully saturated rings.